The lowest BCUT2D eigenvalue weighted by atomic mass is 10.1. The van der Waals surface area contributed by atoms with Gasteiger partial charge in [0, 0.05) is 38.8 Å². The Bertz CT molecular complexity index is 1940. The third kappa shape index (κ3) is 81.1. The van der Waals surface area contributed by atoms with Crippen LogP contribution in [0, 0.1) is 0 Å². The summed E-state index contributed by atoms with van der Waals surface area (Å²) in [5.41, 5.74) is 10.7. The number of rotatable bonds is 78. The van der Waals surface area contributed by atoms with Gasteiger partial charge in [-0.15, -0.1) is 0 Å². The second kappa shape index (κ2) is 80.5. The molecule has 4 atom stereocenters. The van der Waals surface area contributed by atoms with Crippen LogP contribution in [-0.4, -0.2) is 98.6 Å². The van der Waals surface area contributed by atoms with Crippen LogP contribution in [0.4, 0.5) is 0 Å². The SMILES string of the molecule is CCCCCCCC/C=C/CCCCCCCC(=O)OC[C@H](COP(=O)(O)OCCN)OC(=O)CCCCCCC/C=C/CCCCCCCC.CCCCCCCC/C=C/CCCCCCCC(=O)OC[C@H](COP(=O)(O)OCCN)OC(=O)CCCCCCC/C=C/CCCCCCCC. The zero-order chi connectivity index (χ0) is 75.0. The van der Waals surface area contributed by atoms with E-state index in [-0.39, 0.29) is 65.2 Å². The van der Waals surface area contributed by atoms with Crippen molar-refractivity contribution < 1.29 is 75.1 Å². The number of allylic oxidation sites excluding steroid dienone is 8. The molecule has 0 aliphatic rings. The molecular formula is C82H156N2O16P2. The van der Waals surface area contributed by atoms with E-state index < -0.39 is 64.9 Å². The van der Waals surface area contributed by atoms with Crippen molar-refractivity contribution in [2.24, 2.45) is 11.5 Å². The van der Waals surface area contributed by atoms with Gasteiger partial charge in [-0.2, -0.15) is 0 Å². The van der Waals surface area contributed by atoms with E-state index in [2.05, 4.69) is 76.3 Å². The maximum Gasteiger partial charge on any atom is 0.472 e. The Kier molecular flexibility index (Phi) is 79.8. The van der Waals surface area contributed by atoms with Crippen molar-refractivity contribution in [3.63, 3.8) is 0 Å². The first kappa shape index (κ1) is 101. The lowest BCUT2D eigenvalue weighted by Gasteiger charge is -2.19. The number of phosphoric acid groups is 2. The predicted octanol–water partition coefficient (Wildman–Crippen LogP) is 23.2. The summed E-state index contributed by atoms with van der Waals surface area (Å²) in [5.74, 6) is -1.69. The molecule has 0 rings (SSSR count). The van der Waals surface area contributed by atoms with Crippen molar-refractivity contribution in [3.05, 3.63) is 48.6 Å². The molecule has 0 aliphatic carbocycles. The van der Waals surface area contributed by atoms with Gasteiger partial charge in [0.1, 0.15) is 13.2 Å². The summed E-state index contributed by atoms with van der Waals surface area (Å²) in [5, 5.41) is 0. The number of hydrogen-bond acceptors (Lipinski definition) is 16. The number of esters is 4. The minimum atomic E-state index is -4.37. The maximum absolute atomic E-state index is 12.5. The molecule has 18 nitrogen and oxygen atoms in total. The quantitative estimate of drug-likeness (QED) is 0.0145. The Labute approximate surface area is 623 Å². The van der Waals surface area contributed by atoms with Crippen LogP contribution < -0.4 is 11.5 Å². The van der Waals surface area contributed by atoms with Crippen LogP contribution >= 0.6 is 15.6 Å². The Morgan fingerprint density at radius 2 is 0.480 bits per heavy atom. The van der Waals surface area contributed by atoms with E-state index in [1.807, 2.05) is 0 Å². The molecule has 0 aromatic rings. The van der Waals surface area contributed by atoms with Gasteiger partial charge >= 0.3 is 39.5 Å². The van der Waals surface area contributed by atoms with Crippen molar-refractivity contribution in [2.75, 3.05) is 52.7 Å². The molecule has 0 fully saturated rings. The van der Waals surface area contributed by atoms with Crippen LogP contribution in [0.2, 0.25) is 0 Å². The van der Waals surface area contributed by atoms with Crippen LogP contribution in [0.5, 0.6) is 0 Å². The molecule has 20 heteroatoms. The zero-order valence-electron chi connectivity index (χ0n) is 65.7. The molecule has 0 aliphatic heterocycles. The summed E-state index contributed by atoms with van der Waals surface area (Å²) in [7, 11) is -8.75. The van der Waals surface area contributed by atoms with Gasteiger partial charge in [0.2, 0.25) is 0 Å². The monoisotopic (exact) mass is 1490 g/mol. The van der Waals surface area contributed by atoms with Gasteiger partial charge in [0.15, 0.2) is 12.2 Å². The van der Waals surface area contributed by atoms with Crippen molar-refractivity contribution in [2.45, 2.75) is 399 Å². The van der Waals surface area contributed by atoms with E-state index in [0.717, 1.165) is 141 Å². The van der Waals surface area contributed by atoms with E-state index in [0.29, 0.717) is 12.8 Å². The first-order chi connectivity index (χ1) is 49.7. The van der Waals surface area contributed by atoms with Crippen LogP contribution in [-0.2, 0) is 65.4 Å². The third-order valence-corrected chi connectivity index (χ3v) is 19.6. The van der Waals surface area contributed by atoms with E-state index in [4.69, 9.17) is 48.5 Å². The molecule has 0 heterocycles. The molecular weight excluding hydrogens is 1330 g/mol. The summed E-state index contributed by atoms with van der Waals surface area (Å²) in [6, 6.07) is 0. The molecule has 0 saturated carbocycles. The standard InChI is InChI=1S/2C41H78NO8P/c2*1-3-5-7-9-11-13-15-17-19-21-23-25-27-29-31-33-40(43)47-37-39(38-49-51(45,46)48-36-35-42)50-41(44)34-32-30-28-26-24-22-20-18-16-14-12-10-8-6-4-2/h2*17-20,39H,3-16,21-38,42H2,1-2H3,(H,45,46)/b2*19-17+,20-18+/t2*39-/m11/s1. The maximum atomic E-state index is 12.5. The van der Waals surface area contributed by atoms with Gasteiger partial charge in [-0.1, -0.05) is 282 Å². The van der Waals surface area contributed by atoms with Crippen LogP contribution in [0.1, 0.15) is 387 Å². The fourth-order valence-corrected chi connectivity index (χ4v) is 12.9. The lowest BCUT2D eigenvalue weighted by Crippen LogP contribution is -2.29. The first-order valence-corrected chi connectivity index (χ1v) is 44.6. The summed E-state index contributed by atoms with van der Waals surface area (Å²) in [4.78, 5) is 69.6. The highest BCUT2D eigenvalue weighted by atomic mass is 31.2. The Balaban J connectivity index is 0. The van der Waals surface area contributed by atoms with Crippen LogP contribution in [0.25, 0.3) is 0 Å². The minimum Gasteiger partial charge on any atom is -0.462 e. The zero-order valence-corrected chi connectivity index (χ0v) is 67.5. The summed E-state index contributed by atoms with van der Waals surface area (Å²) in [6.07, 6.45) is 78.3. The molecule has 2 unspecified atom stereocenters. The smallest absolute Gasteiger partial charge is 0.462 e. The number of unbranched alkanes of at least 4 members (excludes halogenated alkanes) is 44. The van der Waals surface area contributed by atoms with E-state index in [1.54, 1.807) is 0 Å². The minimum absolute atomic E-state index is 0.0518. The Morgan fingerprint density at radius 1 is 0.284 bits per heavy atom. The van der Waals surface area contributed by atoms with Gasteiger partial charge in [0.05, 0.1) is 26.4 Å². The Hall–Kier alpha value is -3.02. The highest BCUT2D eigenvalue weighted by Crippen LogP contribution is 2.44. The van der Waals surface area contributed by atoms with Crippen molar-refractivity contribution in [3.8, 4) is 0 Å². The Morgan fingerprint density at radius 3 is 0.696 bits per heavy atom. The van der Waals surface area contributed by atoms with E-state index in [1.165, 1.54) is 180 Å². The summed E-state index contributed by atoms with van der Waals surface area (Å²) >= 11 is 0. The average molecular weight is 1490 g/mol. The number of hydrogen-bond donors (Lipinski definition) is 4. The van der Waals surface area contributed by atoms with Gasteiger partial charge in [-0.3, -0.25) is 37.3 Å². The molecule has 6 N–H and O–H groups in total. The summed E-state index contributed by atoms with van der Waals surface area (Å²) in [6.45, 7) is 7.41. The fourth-order valence-electron chi connectivity index (χ4n) is 11.4. The molecule has 0 aromatic carbocycles. The van der Waals surface area contributed by atoms with Crippen molar-refractivity contribution in [1.29, 1.82) is 0 Å². The number of nitrogens with two attached hydrogens (primary N) is 2. The normalized spacial score (nSPS) is 13.6. The number of phosphoric ester groups is 2. The second-order valence-electron chi connectivity index (χ2n) is 27.7. The molecule has 0 radical (unpaired) electrons. The molecule has 0 saturated heterocycles. The van der Waals surface area contributed by atoms with E-state index >= 15 is 0 Å². The highest BCUT2D eigenvalue weighted by molar-refractivity contribution is 7.47. The van der Waals surface area contributed by atoms with Crippen molar-refractivity contribution >= 4 is 39.5 Å². The molecule has 102 heavy (non-hydrogen) atoms. The number of carbonyl (C=O) groups is 4. The fraction of sp³-hybridized carbons (Fsp3) is 0.854. The van der Waals surface area contributed by atoms with Gasteiger partial charge in [-0.25, -0.2) is 9.13 Å². The van der Waals surface area contributed by atoms with Crippen LogP contribution in [0.15, 0.2) is 48.6 Å². The van der Waals surface area contributed by atoms with Gasteiger partial charge in [-0.05, 0) is 128 Å². The van der Waals surface area contributed by atoms with Crippen molar-refractivity contribution in [1.82, 2.24) is 0 Å². The molecule has 0 spiro atoms. The highest BCUT2D eigenvalue weighted by Gasteiger charge is 2.28. The molecule has 0 aromatic heterocycles. The van der Waals surface area contributed by atoms with Gasteiger partial charge < -0.3 is 40.2 Å². The third-order valence-electron chi connectivity index (χ3n) is 17.6. The summed E-state index contributed by atoms with van der Waals surface area (Å²) < 4.78 is 65.4. The topological polar surface area (TPSA) is 269 Å². The lowest BCUT2D eigenvalue weighted by molar-refractivity contribution is -0.161. The molecule has 600 valence electrons. The molecule has 0 amide bonds. The average Bonchev–Trinajstić information content (AvgIpc) is 0.947. The predicted molar refractivity (Wildman–Crippen MR) is 421 cm³/mol. The number of carbonyl (C=O) groups excluding carboxylic acids is 4. The largest absolute Gasteiger partial charge is 0.472 e. The van der Waals surface area contributed by atoms with E-state index in [9.17, 15) is 38.1 Å². The first-order valence-electron chi connectivity index (χ1n) is 41.6. The number of ether oxygens (including phenoxy) is 4. The second-order valence-corrected chi connectivity index (χ2v) is 30.6. The molecule has 0 bridgehead atoms. The van der Waals surface area contributed by atoms with Gasteiger partial charge in [0.25, 0.3) is 0 Å². The van der Waals surface area contributed by atoms with Crippen LogP contribution in [0.3, 0.4) is 0 Å².